The van der Waals surface area contributed by atoms with Gasteiger partial charge in [0.25, 0.3) is 0 Å². The molecule has 0 spiro atoms. The SMILES string of the molecule is c1ccc2c(c1)COc1ccc(cc1)COc1cc3c(cc1CSCc1ccc(cc1)OCc1ccccc1COc1ccc(cc1)CSC3)OCc1ccc(cc1)OC2. The third-order valence-electron chi connectivity index (χ3n) is 10.6. The third kappa shape index (κ3) is 10.4. The fourth-order valence-corrected chi connectivity index (χ4v) is 9.02. The number of benzene rings is 7. The Morgan fingerprint density at radius 3 is 0.883 bits per heavy atom. The average Bonchev–Trinajstić information content (AvgIpc) is 3.29. The topological polar surface area (TPSA) is 55.4 Å². The van der Waals surface area contributed by atoms with Gasteiger partial charge >= 0.3 is 0 Å². The number of rotatable bonds is 0. The molecule has 12 bridgehead atoms. The van der Waals surface area contributed by atoms with E-state index in [4.69, 9.17) is 28.4 Å². The molecule has 12 aliphatic heterocycles. The van der Waals surface area contributed by atoms with Crippen LogP contribution in [0.2, 0.25) is 0 Å². The van der Waals surface area contributed by atoms with E-state index in [-0.39, 0.29) is 0 Å². The smallest absolute Gasteiger partial charge is 0.124 e. The molecular formula is C52H46O6S2. The maximum Gasteiger partial charge on any atom is 0.124 e. The molecule has 0 unspecified atom stereocenters. The molecule has 12 heterocycles. The number of ether oxygens (including phenoxy) is 6. The summed E-state index contributed by atoms with van der Waals surface area (Å²) in [6, 6.07) is 54.1. The number of hydrogen-bond acceptors (Lipinski definition) is 8. The van der Waals surface area contributed by atoms with Crippen LogP contribution >= 0.6 is 23.5 Å². The first kappa shape index (κ1) is 39.5. The van der Waals surface area contributed by atoms with Crippen LogP contribution < -0.4 is 28.4 Å². The highest BCUT2D eigenvalue weighted by Crippen LogP contribution is 2.37. The fourth-order valence-electron chi connectivity index (χ4n) is 7.07. The summed E-state index contributed by atoms with van der Waals surface area (Å²) in [5.74, 6) is 8.21. The molecule has 7 aromatic carbocycles. The van der Waals surface area contributed by atoms with Gasteiger partial charge in [-0.3, -0.25) is 0 Å². The van der Waals surface area contributed by atoms with E-state index in [1.807, 2.05) is 72.1 Å². The average molecular weight is 831 g/mol. The number of thioether (sulfide) groups is 2. The highest BCUT2D eigenvalue weighted by molar-refractivity contribution is 7.98. The lowest BCUT2D eigenvalue weighted by atomic mass is 10.1. The first-order valence-corrected chi connectivity index (χ1v) is 22.6. The zero-order chi connectivity index (χ0) is 40.4. The van der Waals surface area contributed by atoms with Crippen molar-refractivity contribution in [1.82, 2.24) is 0 Å². The van der Waals surface area contributed by atoms with Gasteiger partial charge in [0.2, 0.25) is 0 Å². The van der Waals surface area contributed by atoms with Crippen LogP contribution in [-0.4, -0.2) is 0 Å². The van der Waals surface area contributed by atoms with Crippen LogP contribution in [0.3, 0.4) is 0 Å². The summed E-state index contributed by atoms with van der Waals surface area (Å²) >= 11 is 3.71. The summed E-state index contributed by atoms with van der Waals surface area (Å²) in [6.07, 6.45) is 0. The summed E-state index contributed by atoms with van der Waals surface area (Å²) in [5, 5.41) is 0. The lowest BCUT2D eigenvalue weighted by Crippen LogP contribution is -2.05. The first-order valence-electron chi connectivity index (χ1n) is 20.2. The van der Waals surface area contributed by atoms with Gasteiger partial charge in [-0.15, -0.1) is 0 Å². The molecule has 0 fully saturated rings. The lowest BCUT2D eigenvalue weighted by molar-refractivity contribution is 0.283. The van der Waals surface area contributed by atoms with Crippen LogP contribution in [0.25, 0.3) is 0 Å². The van der Waals surface area contributed by atoms with Gasteiger partial charge in [0.05, 0.1) is 0 Å². The lowest BCUT2D eigenvalue weighted by Gasteiger charge is -2.19. The minimum atomic E-state index is 0.428. The molecular weight excluding hydrogens is 785 g/mol. The van der Waals surface area contributed by atoms with Crippen molar-refractivity contribution in [2.45, 2.75) is 62.7 Å². The monoisotopic (exact) mass is 830 g/mol. The zero-order valence-electron chi connectivity index (χ0n) is 33.3. The molecule has 7 aromatic rings. The van der Waals surface area contributed by atoms with Gasteiger partial charge in [-0.25, -0.2) is 0 Å². The molecule has 6 nitrogen and oxygen atoms in total. The predicted octanol–water partition coefficient (Wildman–Crippen LogP) is 12.7. The summed E-state index contributed by atoms with van der Waals surface area (Å²) in [5.41, 5.74) is 11.2. The molecule has 19 rings (SSSR count). The van der Waals surface area contributed by atoms with Gasteiger partial charge < -0.3 is 28.4 Å². The van der Waals surface area contributed by atoms with Gasteiger partial charge in [-0.05, 0) is 105 Å². The highest BCUT2D eigenvalue weighted by Gasteiger charge is 2.16. The molecule has 0 saturated heterocycles. The first-order chi connectivity index (χ1) is 29.7. The molecule has 0 N–H and O–H groups in total. The van der Waals surface area contributed by atoms with E-state index in [0.29, 0.717) is 39.6 Å². The molecule has 12 aliphatic rings. The Labute approximate surface area is 360 Å². The quantitative estimate of drug-likeness (QED) is 0.150. The molecule has 0 aliphatic carbocycles. The molecule has 0 radical (unpaired) electrons. The molecule has 0 saturated carbocycles. The largest absolute Gasteiger partial charge is 0.489 e. The van der Waals surface area contributed by atoms with Gasteiger partial charge in [0.1, 0.15) is 74.1 Å². The van der Waals surface area contributed by atoms with Crippen molar-refractivity contribution in [3.63, 3.8) is 0 Å². The van der Waals surface area contributed by atoms with Crippen LogP contribution in [0.4, 0.5) is 0 Å². The minimum absolute atomic E-state index is 0.428. The van der Waals surface area contributed by atoms with E-state index in [1.165, 1.54) is 11.1 Å². The highest BCUT2D eigenvalue weighted by atomic mass is 32.2. The molecule has 0 aromatic heterocycles. The van der Waals surface area contributed by atoms with Crippen molar-refractivity contribution in [2.75, 3.05) is 0 Å². The Bertz CT molecular complexity index is 2310. The second-order valence-electron chi connectivity index (χ2n) is 14.9. The summed E-state index contributed by atoms with van der Waals surface area (Å²) in [6.45, 7) is 2.70. The molecule has 0 atom stereocenters. The van der Waals surface area contributed by atoms with Crippen LogP contribution in [0.15, 0.2) is 158 Å². The Balaban J connectivity index is 1.01. The maximum absolute atomic E-state index is 6.70. The van der Waals surface area contributed by atoms with Gasteiger partial charge in [-0.1, -0.05) is 97.1 Å². The predicted molar refractivity (Wildman–Crippen MR) is 241 cm³/mol. The fraction of sp³-hybridized carbons (Fsp3) is 0.192. The Hall–Kier alpha value is -5.96. The normalized spacial score (nSPS) is 14.7. The van der Waals surface area contributed by atoms with Gasteiger partial charge in [0, 0.05) is 34.1 Å². The zero-order valence-corrected chi connectivity index (χ0v) is 35.0. The molecule has 60 heavy (non-hydrogen) atoms. The second-order valence-corrected chi connectivity index (χ2v) is 16.9. The van der Waals surface area contributed by atoms with Crippen molar-refractivity contribution in [2.24, 2.45) is 0 Å². The minimum Gasteiger partial charge on any atom is -0.489 e. The standard InChI is InChI=1S/C52H46O6S2/c1-2-6-42-30-54-48-19-11-38(12-20-48)28-58-52-26-45-35-59-33-39-13-21-49(22-14-39)55-31-43-7-3-4-8-44(43)32-56-50-23-15-40(16-24-50)34-60-36-46(52)25-51(45)57-27-37-9-17-47(18-10-37)53-29-41(42)5-1/h1-26H,27-36H2. The van der Waals surface area contributed by atoms with Crippen LogP contribution in [-0.2, 0) is 62.7 Å². The van der Waals surface area contributed by atoms with Crippen molar-refractivity contribution >= 4 is 23.5 Å². The van der Waals surface area contributed by atoms with Crippen LogP contribution in [0.5, 0.6) is 34.5 Å². The van der Waals surface area contributed by atoms with Crippen LogP contribution in [0, 0.1) is 0 Å². The van der Waals surface area contributed by atoms with Crippen molar-refractivity contribution in [3.05, 3.63) is 213 Å². The Morgan fingerprint density at radius 1 is 0.267 bits per heavy atom. The van der Waals surface area contributed by atoms with E-state index in [0.717, 1.165) is 102 Å². The maximum atomic E-state index is 6.70. The summed E-state index contributed by atoms with van der Waals surface area (Å²) in [7, 11) is 0. The molecule has 8 heteroatoms. The van der Waals surface area contributed by atoms with Gasteiger partial charge in [0.15, 0.2) is 0 Å². The Kier molecular flexibility index (Phi) is 12.8. The van der Waals surface area contributed by atoms with E-state index in [2.05, 4.69) is 109 Å². The van der Waals surface area contributed by atoms with Crippen molar-refractivity contribution < 1.29 is 28.4 Å². The molecule has 0 amide bonds. The molecule has 302 valence electrons. The van der Waals surface area contributed by atoms with Crippen molar-refractivity contribution in [1.29, 1.82) is 0 Å². The van der Waals surface area contributed by atoms with E-state index >= 15 is 0 Å². The van der Waals surface area contributed by atoms with E-state index < -0.39 is 0 Å². The number of hydrogen-bond donors (Lipinski definition) is 0. The van der Waals surface area contributed by atoms with Crippen LogP contribution in [0.1, 0.15) is 55.6 Å². The Morgan fingerprint density at radius 2 is 0.567 bits per heavy atom. The third-order valence-corrected chi connectivity index (χ3v) is 12.7. The van der Waals surface area contributed by atoms with Gasteiger partial charge in [-0.2, -0.15) is 23.5 Å². The second kappa shape index (κ2) is 19.4. The van der Waals surface area contributed by atoms with Crippen molar-refractivity contribution in [3.8, 4) is 34.5 Å². The van der Waals surface area contributed by atoms with E-state index in [1.54, 1.807) is 0 Å². The summed E-state index contributed by atoms with van der Waals surface area (Å²) in [4.78, 5) is 0. The summed E-state index contributed by atoms with van der Waals surface area (Å²) < 4.78 is 38.4. The van der Waals surface area contributed by atoms with E-state index in [9.17, 15) is 0 Å².